The highest BCUT2D eigenvalue weighted by molar-refractivity contribution is 5.21. The predicted molar refractivity (Wildman–Crippen MR) is 89.3 cm³/mol. The van der Waals surface area contributed by atoms with Crippen molar-refractivity contribution >= 4 is 0 Å². The molecule has 1 aromatic heterocycles. The minimum absolute atomic E-state index is 0.315. The SMILES string of the molecule is Cn1ccnc1CN1CCN2C[C@@H](Oc3ccccc3)C[C@H]2C1. The fourth-order valence-electron chi connectivity index (χ4n) is 3.73. The fourth-order valence-corrected chi connectivity index (χ4v) is 3.73. The zero-order chi connectivity index (χ0) is 15.6. The van der Waals surface area contributed by atoms with Crippen molar-refractivity contribution in [2.24, 2.45) is 7.05 Å². The number of ether oxygens (including phenoxy) is 1. The van der Waals surface area contributed by atoms with E-state index in [2.05, 4.69) is 26.4 Å². The number of hydrogen-bond donors (Lipinski definition) is 0. The van der Waals surface area contributed by atoms with Crippen LogP contribution in [0.15, 0.2) is 42.7 Å². The first kappa shape index (κ1) is 14.7. The van der Waals surface area contributed by atoms with Gasteiger partial charge in [-0.05, 0) is 12.1 Å². The Hall–Kier alpha value is -1.85. The molecule has 0 spiro atoms. The molecule has 4 rings (SSSR count). The summed E-state index contributed by atoms with van der Waals surface area (Å²) in [6.07, 6.45) is 5.33. The molecule has 1 aromatic carbocycles. The number of para-hydroxylation sites is 1. The van der Waals surface area contributed by atoms with E-state index in [0.29, 0.717) is 12.1 Å². The third-order valence-electron chi connectivity index (χ3n) is 4.99. The third-order valence-corrected chi connectivity index (χ3v) is 4.99. The lowest BCUT2D eigenvalue weighted by Gasteiger charge is -2.36. The molecule has 3 heterocycles. The van der Waals surface area contributed by atoms with Gasteiger partial charge >= 0.3 is 0 Å². The predicted octanol–water partition coefficient (Wildman–Crippen LogP) is 1.76. The van der Waals surface area contributed by atoms with E-state index in [0.717, 1.165) is 50.7 Å². The number of piperazine rings is 1. The maximum absolute atomic E-state index is 6.15. The number of aryl methyl sites for hydroxylation is 1. The quantitative estimate of drug-likeness (QED) is 0.861. The maximum Gasteiger partial charge on any atom is 0.122 e. The van der Waals surface area contributed by atoms with Gasteiger partial charge in [0, 0.05) is 58.1 Å². The summed E-state index contributed by atoms with van der Waals surface area (Å²) in [5.41, 5.74) is 0. The van der Waals surface area contributed by atoms with Gasteiger partial charge in [-0.2, -0.15) is 0 Å². The number of imidazole rings is 1. The molecule has 122 valence electrons. The van der Waals surface area contributed by atoms with Gasteiger partial charge in [0.1, 0.15) is 17.7 Å². The van der Waals surface area contributed by atoms with Crippen molar-refractivity contribution in [3.8, 4) is 5.75 Å². The van der Waals surface area contributed by atoms with E-state index in [1.807, 2.05) is 42.7 Å². The lowest BCUT2D eigenvalue weighted by atomic mass is 10.1. The van der Waals surface area contributed by atoms with Crippen LogP contribution >= 0.6 is 0 Å². The molecule has 5 heteroatoms. The number of aromatic nitrogens is 2. The Morgan fingerprint density at radius 1 is 1.17 bits per heavy atom. The van der Waals surface area contributed by atoms with Gasteiger partial charge in [0.25, 0.3) is 0 Å². The molecule has 2 atom stereocenters. The molecule has 0 radical (unpaired) electrons. The summed E-state index contributed by atoms with van der Waals surface area (Å²) < 4.78 is 8.26. The van der Waals surface area contributed by atoms with Crippen LogP contribution in [0.4, 0.5) is 0 Å². The van der Waals surface area contributed by atoms with Crippen molar-refractivity contribution in [3.05, 3.63) is 48.5 Å². The van der Waals surface area contributed by atoms with Gasteiger partial charge in [-0.15, -0.1) is 0 Å². The van der Waals surface area contributed by atoms with Crippen molar-refractivity contribution in [1.29, 1.82) is 0 Å². The molecule has 2 saturated heterocycles. The number of benzene rings is 1. The number of fused-ring (bicyclic) bond motifs is 1. The van der Waals surface area contributed by atoms with Crippen LogP contribution in [0, 0.1) is 0 Å². The number of nitrogens with zero attached hydrogens (tertiary/aromatic N) is 4. The average molecular weight is 312 g/mol. The van der Waals surface area contributed by atoms with Crippen molar-refractivity contribution in [2.75, 3.05) is 26.2 Å². The van der Waals surface area contributed by atoms with E-state index in [4.69, 9.17) is 4.74 Å². The topological polar surface area (TPSA) is 33.5 Å². The molecular formula is C18H24N4O. The van der Waals surface area contributed by atoms with Gasteiger partial charge in [0.15, 0.2) is 0 Å². The summed E-state index contributed by atoms with van der Waals surface area (Å²) in [5, 5.41) is 0. The minimum Gasteiger partial charge on any atom is -0.489 e. The molecule has 0 unspecified atom stereocenters. The van der Waals surface area contributed by atoms with E-state index in [9.17, 15) is 0 Å². The molecule has 0 aliphatic carbocycles. The molecule has 5 nitrogen and oxygen atoms in total. The Kier molecular flexibility index (Phi) is 4.06. The van der Waals surface area contributed by atoms with Gasteiger partial charge in [-0.1, -0.05) is 18.2 Å². The van der Waals surface area contributed by atoms with Crippen LogP contribution in [-0.4, -0.2) is 57.7 Å². The van der Waals surface area contributed by atoms with Crippen molar-refractivity contribution in [3.63, 3.8) is 0 Å². The van der Waals surface area contributed by atoms with Crippen LogP contribution in [-0.2, 0) is 13.6 Å². The average Bonchev–Trinajstić information content (AvgIpc) is 3.14. The summed E-state index contributed by atoms with van der Waals surface area (Å²) in [4.78, 5) is 9.56. The Balaban J connectivity index is 1.34. The number of rotatable bonds is 4. The normalized spacial score (nSPS) is 25.4. The minimum atomic E-state index is 0.315. The zero-order valence-electron chi connectivity index (χ0n) is 13.6. The molecule has 0 amide bonds. The van der Waals surface area contributed by atoms with Gasteiger partial charge in [0.05, 0.1) is 6.54 Å². The molecule has 0 saturated carbocycles. The van der Waals surface area contributed by atoms with Crippen LogP contribution in [0.5, 0.6) is 5.75 Å². The Bertz CT molecular complexity index is 641. The lowest BCUT2D eigenvalue weighted by molar-refractivity contribution is 0.0954. The highest BCUT2D eigenvalue weighted by atomic mass is 16.5. The van der Waals surface area contributed by atoms with E-state index >= 15 is 0 Å². The molecule has 0 bridgehead atoms. The van der Waals surface area contributed by atoms with E-state index in [1.165, 1.54) is 0 Å². The van der Waals surface area contributed by atoms with Crippen LogP contribution in [0.3, 0.4) is 0 Å². The summed E-state index contributed by atoms with van der Waals surface area (Å²) in [7, 11) is 2.07. The molecule has 2 aliphatic heterocycles. The van der Waals surface area contributed by atoms with E-state index < -0.39 is 0 Å². The maximum atomic E-state index is 6.15. The molecule has 2 fully saturated rings. The van der Waals surface area contributed by atoms with Crippen molar-refractivity contribution in [2.45, 2.75) is 25.1 Å². The molecular weight excluding hydrogens is 288 g/mol. The third kappa shape index (κ3) is 3.26. The van der Waals surface area contributed by atoms with Crippen LogP contribution in [0.2, 0.25) is 0 Å². The largest absolute Gasteiger partial charge is 0.489 e. The second-order valence-corrected chi connectivity index (χ2v) is 6.63. The summed E-state index contributed by atoms with van der Waals surface area (Å²) in [6.45, 7) is 5.35. The van der Waals surface area contributed by atoms with Crippen molar-refractivity contribution < 1.29 is 4.74 Å². The summed E-state index contributed by atoms with van der Waals surface area (Å²) >= 11 is 0. The highest BCUT2D eigenvalue weighted by Crippen LogP contribution is 2.26. The lowest BCUT2D eigenvalue weighted by Crippen LogP contribution is -2.49. The molecule has 2 aliphatic rings. The first-order valence-electron chi connectivity index (χ1n) is 8.42. The summed E-state index contributed by atoms with van der Waals surface area (Å²) in [6, 6.07) is 10.8. The Morgan fingerprint density at radius 3 is 2.83 bits per heavy atom. The smallest absolute Gasteiger partial charge is 0.122 e. The van der Waals surface area contributed by atoms with E-state index in [-0.39, 0.29) is 0 Å². The number of hydrogen-bond acceptors (Lipinski definition) is 4. The monoisotopic (exact) mass is 312 g/mol. The Labute approximate surface area is 137 Å². The van der Waals surface area contributed by atoms with Crippen LogP contribution < -0.4 is 4.74 Å². The molecule has 0 N–H and O–H groups in total. The second kappa shape index (κ2) is 6.34. The second-order valence-electron chi connectivity index (χ2n) is 6.63. The zero-order valence-corrected chi connectivity index (χ0v) is 13.6. The molecule has 2 aromatic rings. The van der Waals surface area contributed by atoms with Crippen LogP contribution in [0.25, 0.3) is 0 Å². The standard InChI is InChI=1S/C18H24N4O/c1-20-8-7-19-18(20)14-21-9-10-22-13-17(11-15(22)12-21)23-16-5-3-2-4-6-16/h2-8,15,17H,9-14H2,1H3/t15-,17-/m0/s1. The Morgan fingerprint density at radius 2 is 2.04 bits per heavy atom. The van der Waals surface area contributed by atoms with Crippen LogP contribution in [0.1, 0.15) is 12.2 Å². The van der Waals surface area contributed by atoms with Crippen molar-refractivity contribution in [1.82, 2.24) is 19.4 Å². The first-order valence-corrected chi connectivity index (χ1v) is 8.42. The highest BCUT2D eigenvalue weighted by Gasteiger charge is 2.37. The first-order chi connectivity index (χ1) is 11.3. The molecule has 23 heavy (non-hydrogen) atoms. The fraction of sp³-hybridized carbons (Fsp3) is 0.500. The van der Waals surface area contributed by atoms with Gasteiger partial charge in [-0.3, -0.25) is 9.80 Å². The van der Waals surface area contributed by atoms with Gasteiger partial charge < -0.3 is 9.30 Å². The van der Waals surface area contributed by atoms with E-state index in [1.54, 1.807) is 0 Å². The summed E-state index contributed by atoms with van der Waals surface area (Å²) in [5.74, 6) is 2.13. The van der Waals surface area contributed by atoms with Gasteiger partial charge in [-0.25, -0.2) is 4.98 Å². The van der Waals surface area contributed by atoms with Gasteiger partial charge in [0.2, 0.25) is 0 Å².